The smallest absolute Gasteiger partial charge is 0.0448 e. The summed E-state index contributed by atoms with van der Waals surface area (Å²) in [6.45, 7) is 9.35. The molecular weight excluding hydrogens is 296 g/mol. The summed E-state index contributed by atoms with van der Waals surface area (Å²) in [6.07, 6.45) is 6.66. The molecule has 106 valence electrons. The Morgan fingerprint density at radius 1 is 1.16 bits per heavy atom. The maximum absolute atomic E-state index is 3.96. The fraction of sp³-hybridized carbons (Fsp3) is 0.667. The number of rotatable bonds is 4. The zero-order chi connectivity index (χ0) is 14.1. The molecule has 0 aliphatic heterocycles. The molecule has 1 aromatic carbocycles. The first-order chi connectivity index (χ1) is 8.89. The van der Waals surface area contributed by atoms with E-state index in [-0.39, 0.29) is 5.41 Å². The van der Waals surface area contributed by atoms with Crippen molar-refractivity contribution in [2.45, 2.75) is 70.0 Å². The summed E-state index contributed by atoms with van der Waals surface area (Å²) in [5, 5.41) is 0. The van der Waals surface area contributed by atoms with Crippen molar-refractivity contribution in [2.75, 3.05) is 0 Å². The summed E-state index contributed by atoms with van der Waals surface area (Å²) in [5.41, 5.74) is 3.63. The molecule has 19 heavy (non-hydrogen) atoms. The first kappa shape index (κ1) is 15.1. The van der Waals surface area contributed by atoms with Crippen LogP contribution in [0.25, 0.3) is 0 Å². The highest BCUT2D eigenvalue weighted by molar-refractivity contribution is 9.09. The SMILES string of the molecule is CCC(C)(C)c1ccc(C(Br)C2(C)CCCC2)cc1. The van der Waals surface area contributed by atoms with E-state index < -0.39 is 0 Å². The Morgan fingerprint density at radius 3 is 2.16 bits per heavy atom. The molecule has 0 nitrogen and oxygen atoms in total. The van der Waals surface area contributed by atoms with Crippen LogP contribution in [0.4, 0.5) is 0 Å². The van der Waals surface area contributed by atoms with Crippen LogP contribution in [-0.2, 0) is 5.41 Å². The topological polar surface area (TPSA) is 0 Å². The lowest BCUT2D eigenvalue weighted by atomic mass is 9.79. The van der Waals surface area contributed by atoms with Gasteiger partial charge in [-0.05, 0) is 41.2 Å². The van der Waals surface area contributed by atoms with Gasteiger partial charge in [0.25, 0.3) is 0 Å². The molecule has 1 aliphatic carbocycles. The van der Waals surface area contributed by atoms with Gasteiger partial charge in [-0.25, -0.2) is 0 Å². The molecule has 0 heterocycles. The second kappa shape index (κ2) is 5.60. The summed E-state index contributed by atoms with van der Waals surface area (Å²) in [7, 11) is 0. The summed E-state index contributed by atoms with van der Waals surface area (Å²) < 4.78 is 0. The molecule has 0 bridgehead atoms. The van der Waals surface area contributed by atoms with Crippen molar-refractivity contribution in [2.24, 2.45) is 5.41 Å². The molecule has 1 aliphatic rings. The highest BCUT2D eigenvalue weighted by Gasteiger charge is 2.36. The highest BCUT2D eigenvalue weighted by Crippen LogP contribution is 2.51. The molecular formula is C18H27Br. The Hall–Kier alpha value is -0.300. The molecule has 1 aromatic rings. The summed E-state index contributed by atoms with van der Waals surface area (Å²) in [6, 6.07) is 9.31. The van der Waals surface area contributed by atoms with E-state index in [0.29, 0.717) is 10.2 Å². The Kier molecular flexibility index (Phi) is 4.45. The molecule has 1 fully saturated rings. The van der Waals surface area contributed by atoms with Gasteiger partial charge in [-0.3, -0.25) is 0 Å². The van der Waals surface area contributed by atoms with Gasteiger partial charge in [0.15, 0.2) is 0 Å². The van der Waals surface area contributed by atoms with Crippen molar-refractivity contribution < 1.29 is 0 Å². The van der Waals surface area contributed by atoms with Crippen molar-refractivity contribution in [1.29, 1.82) is 0 Å². The molecule has 1 saturated carbocycles. The minimum atomic E-state index is 0.289. The average molecular weight is 323 g/mol. The maximum Gasteiger partial charge on any atom is 0.0448 e. The fourth-order valence-electron chi connectivity index (χ4n) is 3.15. The Morgan fingerprint density at radius 2 is 1.68 bits per heavy atom. The number of hydrogen-bond acceptors (Lipinski definition) is 0. The maximum atomic E-state index is 3.96. The largest absolute Gasteiger partial charge is 0.0833 e. The molecule has 0 radical (unpaired) electrons. The van der Waals surface area contributed by atoms with Gasteiger partial charge in [0.05, 0.1) is 0 Å². The Bertz CT molecular complexity index is 410. The van der Waals surface area contributed by atoms with E-state index in [0.717, 1.165) is 0 Å². The van der Waals surface area contributed by atoms with Gasteiger partial charge in [-0.15, -0.1) is 0 Å². The van der Waals surface area contributed by atoms with Gasteiger partial charge in [0, 0.05) is 4.83 Å². The van der Waals surface area contributed by atoms with Crippen molar-refractivity contribution in [3.05, 3.63) is 35.4 Å². The molecule has 0 amide bonds. The number of alkyl halides is 1. The van der Waals surface area contributed by atoms with Crippen LogP contribution in [0.15, 0.2) is 24.3 Å². The van der Waals surface area contributed by atoms with E-state index >= 15 is 0 Å². The van der Waals surface area contributed by atoms with Crippen LogP contribution in [-0.4, -0.2) is 0 Å². The average Bonchev–Trinajstić information content (AvgIpc) is 2.86. The molecule has 0 N–H and O–H groups in total. The number of benzene rings is 1. The number of halogens is 1. The lowest BCUT2D eigenvalue weighted by Gasteiger charge is -2.31. The van der Waals surface area contributed by atoms with Gasteiger partial charge >= 0.3 is 0 Å². The third-order valence-electron chi connectivity index (χ3n) is 5.23. The Balaban J connectivity index is 2.18. The van der Waals surface area contributed by atoms with Gasteiger partial charge in [-0.1, -0.05) is 80.7 Å². The van der Waals surface area contributed by atoms with Crippen molar-refractivity contribution in [3.63, 3.8) is 0 Å². The molecule has 1 atom stereocenters. The molecule has 0 saturated heterocycles. The minimum absolute atomic E-state index is 0.289. The van der Waals surface area contributed by atoms with Crippen LogP contribution in [0.3, 0.4) is 0 Å². The second-order valence-corrected chi connectivity index (χ2v) is 8.00. The van der Waals surface area contributed by atoms with Gasteiger partial charge in [0.2, 0.25) is 0 Å². The van der Waals surface area contributed by atoms with Gasteiger partial charge in [0.1, 0.15) is 0 Å². The second-order valence-electron chi connectivity index (χ2n) is 7.08. The third kappa shape index (κ3) is 3.07. The van der Waals surface area contributed by atoms with Crippen molar-refractivity contribution >= 4 is 15.9 Å². The van der Waals surface area contributed by atoms with Crippen molar-refractivity contribution in [1.82, 2.24) is 0 Å². The first-order valence-electron chi connectivity index (χ1n) is 7.63. The fourth-order valence-corrected chi connectivity index (χ4v) is 3.91. The molecule has 1 unspecified atom stereocenters. The quantitative estimate of drug-likeness (QED) is 0.563. The van der Waals surface area contributed by atoms with Crippen LogP contribution in [0.2, 0.25) is 0 Å². The zero-order valence-electron chi connectivity index (χ0n) is 12.8. The van der Waals surface area contributed by atoms with E-state index in [1.807, 2.05) is 0 Å². The van der Waals surface area contributed by atoms with E-state index in [1.54, 1.807) is 0 Å². The van der Waals surface area contributed by atoms with E-state index in [9.17, 15) is 0 Å². The van der Waals surface area contributed by atoms with Crippen LogP contribution in [0, 0.1) is 5.41 Å². The standard InChI is InChI=1S/C18H27Br/c1-5-17(2,3)15-10-8-14(9-11-15)16(19)18(4)12-6-7-13-18/h8-11,16H,5-7,12-13H2,1-4H3. The summed E-state index contributed by atoms with van der Waals surface area (Å²) in [4.78, 5) is 0.501. The predicted molar refractivity (Wildman–Crippen MR) is 88.0 cm³/mol. The van der Waals surface area contributed by atoms with Crippen LogP contribution in [0.5, 0.6) is 0 Å². The lowest BCUT2D eigenvalue weighted by molar-refractivity contribution is 0.331. The van der Waals surface area contributed by atoms with Crippen LogP contribution >= 0.6 is 15.9 Å². The van der Waals surface area contributed by atoms with E-state index in [4.69, 9.17) is 0 Å². The third-order valence-corrected chi connectivity index (χ3v) is 6.86. The van der Waals surface area contributed by atoms with Gasteiger partial charge < -0.3 is 0 Å². The highest BCUT2D eigenvalue weighted by atomic mass is 79.9. The van der Waals surface area contributed by atoms with Crippen molar-refractivity contribution in [3.8, 4) is 0 Å². The van der Waals surface area contributed by atoms with Crippen LogP contribution in [0.1, 0.15) is 75.8 Å². The predicted octanol–water partition coefficient (Wildman–Crippen LogP) is 6.39. The lowest BCUT2D eigenvalue weighted by Crippen LogP contribution is -2.18. The Labute approximate surface area is 127 Å². The monoisotopic (exact) mass is 322 g/mol. The van der Waals surface area contributed by atoms with E-state index in [2.05, 4.69) is 67.9 Å². The normalized spacial score (nSPS) is 20.5. The van der Waals surface area contributed by atoms with E-state index in [1.165, 1.54) is 43.2 Å². The molecule has 1 heteroatoms. The number of hydrogen-bond donors (Lipinski definition) is 0. The first-order valence-corrected chi connectivity index (χ1v) is 8.55. The molecule has 0 spiro atoms. The zero-order valence-corrected chi connectivity index (χ0v) is 14.4. The summed E-state index contributed by atoms with van der Waals surface area (Å²) in [5.74, 6) is 0. The minimum Gasteiger partial charge on any atom is -0.0833 e. The molecule has 2 rings (SSSR count). The molecule has 0 aromatic heterocycles. The van der Waals surface area contributed by atoms with Gasteiger partial charge in [-0.2, -0.15) is 0 Å². The van der Waals surface area contributed by atoms with Crippen LogP contribution < -0.4 is 0 Å². The summed E-state index contributed by atoms with van der Waals surface area (Å²) >= 11 is 3.96.